The molecule has 0 aromatic carbocycles. The van der Waals surface area contributed by atoms with Crippen molar-refractivity contribution >= 4 is 11.8 Å². The summed E-state index contributed by atoms with van der Waals surface area (Å²) < 4.78 is 12.1. The van der Waals surface area contributed by atoms with Gasteiger partial charge in [-0.2, -0.15) is 9.60 Å². The number of thioether (sulfide) groups is 1. The summed E-state index contributed by atoms with van der Waals surface area (Å²) in [7, 11) is 0. The van der Waals surface area contributed by atoms with E-state index in [1.54, 1.807) is 6.26 Å². The molecular formula is C3H4FN3S. The minimum atomic E-state index is -0.530. The number of H-pyrrole nitrogens is 1. The molecule has 0 saturated heterocycles. The number of rotatable bonds is 1. The molecule has 0 aliphatic heterocycles. The first-order chi connectivity index (χ1) is 3.84. The first kappa shape index (κ1) is 5.55. The zero-order valence-electron chi connectivity index (χ0n) is 4.18. The van der Waals surface area contributed by atoms with E-state index in [0.29, 0.717) is 5.03 Å². The van der Waals surface area contributed by atoms with Crippen molar-refractivity contribution in [2.24, 2.45) is 0 Å². The Balaban J connectivity index is 2.92. The highest BCUT2D eigenvalue weighted by Crippen LogP contribution is 2.10. The lowest BCUT2D eigenvalue weighted by molar-refractivity contribution is 0.558. The molecule has 3 nitrogen and oxygen atoms in total. The second-order valence-electron chi connectivity index (χ2n) is 1.12. The Morgan fingerprint density at radius 2 is 2.38 bits per heavy atom. The van der Waals surface area contributed by atoms with Gasteiger partial charge in [-0.25, -0.2) is 0 Å². The number of aromatic nitrogens is 3. The minimum Gasteiger partial charge on any atom is -0.194 e. The van der Waals surface area contributed by atoms with Crippen molar-refractivity contribution in [2.75, 3.05) is 6.26 Å². The van der Waals surface area contributed by atoms with Crippen LogP contribution in [0.4, 0.5) is 4.39 Å². The Labute approximate surface area is 49.7 Å². The lowest BCUT2D eigenvalue weighted by atomic mass is 10.9. The minimum absolute atomic E-state index is 0.310. The summed E-state index contributed by atoms with van der Waals surface area (Å²) in [6.07, 6.45) is 1.74. The number of halogens is 1. The van der Waals surface area contributed by atoms with Gasteiger partial charge in [-0.15, -0.1) is 22.0 Å². The average Bonchev–Trinajstić information content (AvgIpc) is 2.14. The maximum atomic E-state index is 12.1. The third-order valence-electron chi connectivity index (χ3n) is 0.670. The Bertz CT molecular complexity index is 175. The van der Waals surface area contributed by atoms with Crippen molar-refractivity contribution in [3.8, 4) is 0 Å². The summed E-state index contributed by atoms with van der Waals surface area (Å²) in [5, 5.41) is 9.11. The molecule has 5 heteroatoms. The van der Waals surface area contributed by atoms with Crippen molar-refractivity contribution in [1.29, 1.82) is 0 Å². The van der Waals surface area contributed by atoms with Crippen LogP contribution >= 0.6 is 11.8 Å². The summed E-state index contributed by atoms with van der Waals surface area (Å²) in [5.74, 6) is -0.530. The summed E-state index contributed by atoms with van der Waals surface area (Å²) in [4.78, 5) is 0. The molecule has 0 amide bonds. The van der Waals surface area contributed by atoms with Gasteiger partial charge in [-0.3, -0.25) is 0 Å². The molecule has 0 radical (unpaired) electrons. The van der Waals surface area contributed by atoms with Gasteiger partial charge in [0, 0.05) is 0 Å². The van der Waals surface area contributed by atoms with Gasteiger partial charge in [-0.05, 0) is 6.26 Å². The Morgan fingerprint density at radius 1 is 1.62 bits per heavy atom. The van der Waals surface area contributed by atoms with Crippen LogP contribution in [0.1, 0.15) is 0 Å². The molecule has 1 heterocycles. The topological polar surface area (TPSA) is 41.6 Å². The van der Waals surface area contributed by atoms with Crippen molar-refractivity contribution in [2.45, 2.75) is 5.03 Å². The van der Waals surface area contributed by atoms with E-state index in [4.69, 9.17) is 0 Å². The maximum Gasteiger partial charge on any atom is 0.266 e. The Morgan fingerprint density at radius 3 is 2.62 bits per heavy atom. The molecule has 0 bridgehead atoms. The highest BCUT2D eigenvalue weighted by Gasteiger charge is 2.01. The van der Waals surface area contributed by atoms with Crippen LogP contribution in [0.25, 0.3) is 0 Å². The number of hydrogen-bond donors (Lipinski definition) is 1. The first-order valence-electron chi connectivity index (χ1n) is 1.95. The number of aromatic amines is 1. The van der Waals surface area contributed by atoms with Gasteiger partial charge in [0.25, 0.3) is 5.95 Å². The maximum absolute atomic E-state index is 12.1. The molecule has 1 aromatic rings. The van der Waals surface area contributed by atoms with Crippen LogP contribution in [-0.2, 0) is 0 Å². The number of nitrogens with one attached hydrogen (secondary N) is 1. The molecule has 1 aromatic heterocycles. The van der Waals surface area contributed by atoms with Gasteiger partial charge >= 0.3 is 0 Å². The average molecular weight is 133 g/mol. The van der Waals surface area contributed by atoms with Crippen LogP contribution in [-0.4, -0.2) is 21.7 Å². The van der Waals surface area contributed by atoms with E-state index < -0.39 is 5.95 Å². The molecule has 44 valence electrons. The number of nitrogens with zero attached hydrogens (tertiary/aromatic N) is 2. The number of hydrogen-bond acceptors (Lipinski definition) is 3. The molecule has 1 rings (SSSR count). The standard InChI is InChI=1S/C3H4FN3S/c1-8-3-2(4)5-7-6-3/h1H3,(H,5,6,7). The molecule has 1 N–H and O–H groups in total. The van der Waals surface area contributed by atoms with Crippen LogP contribution in [0, 0.1) is 5.95 Å². The largest absolute Gasteiger partial charge is 0.266 e. The van der Waals surface area contributed by atoms with Crippen molar-refractivity contribution in [3.63, 3.8) is 0 Å². The predicted octanol–water partition coefficient (Wildman–Crippen LogP) is 0.666. The normalized spacial score (nSPS) is 9.75. The summed E-state index contributed by atoms with van der Waals surface area (Å²) in [5.41, 5.74) is 0. The van der Waals surface area contributed by atoms with Gasteiger partial charge in [0.1, 0.15) is 0 Å². The second-order valence-corrected chi connectivity index (χ2v) is 1.92. The zero-order chi connectivity index (χ0) is 5.98. The van der Waals surface area contributed by atoms with E-state index in [1.165, 1.54) is 11.8 Å². The van der Waals surface area contributed by atoms with Gasteiger partial charge in [0.05, 0.1) is 0 Å². The smallest absolute Gasteiger partial charge is 0.194 e. The molecular weight excluding hydrogens is 129 g/mol. The third-order valence-corrected chi connectivity index (χ3v) is 1.32. The molecule has 0 aliphatic rings. The summed E-state index contributed by atoms with van der Waals surface area (Å²) in [6, 6.07) is 0. The van der Waals surface area contributed by atoms with Crippen LogP contribution in [0.3, 0.4) is 0 Å². The van der Waals surface area contributed by atoms with Gasteiger partial charge in [-0.1, -0.05) is 0 Å². The molecule has 0 aliphatic carbocycles. The van der Waals surface area contributed by atoms with Crippen LogP contribution in [0.15, 0.2) is 5.03 Å². The second kappa shape index (κ2) is 2.13. The van der Waals surface area contributed by atoms with Crippen LogP contribution in [0.2, 0.25) is 0 Å². The SMILES string of the molecule is CSc1n[nH]nc1F. The monoisotopic (exact) mass is 133 g/mol. The molecule has 0 unspecified atom stereocenters. The zero-order valence-corrected chi connectivity index (χ0v) is 5.00. The lowest BCUT2D eigenvalue weighted by Crippen LogP contribution is -1.72. The summed E-state index contributed by atoms with van der Waals surface area (Å²) >= 11 is 1.22. The lowest BCUT2D eigenvalue weighted by Gasteiger charge is -1.79. The fourth-order valence-corrected chi connectivity index (χ4v) is 0.684. The van der Waals surface area contributed by atoms with Gasteiger partial charge in [0.2, 0.25) is 0 Å². The molecule has 0 saturated carbocycles. The van der Waals surface area contributed by atoms with Crippen LogP contribution in [0.5, 0.6) is 0 Å². The van der Waals surface area contributed by atoms with E-state index in [2.05, 4.69) is 15.4 Å². The van der Waals surface area contributed by atoms with Gasteiger partial charge < -0.3 is 0 Å². The van der Waals surface area contributed by atoms with Crippen molar-refractivity contribution in [1.82, 2.24) is 15.4 Å². The quantitative estimate of drug-likeness (QED) is 0.572. The fraction of sp³-hybridized carbons (Fsp3) is 0.333. The predicted molar refractivity (Wildman–Crippen MR) is 28.1 cm³/mol. The Hall–Kier alpha value is -0.580. The van der Waals surface area contributed by atoms with Crippen LogP contribution < -0.4 is 0 Å². The highest BCUT2D eigenvalue weighted by atomic mass is 32.2. The highest BCUT2D eigenvalue weighted by molar-refractivity contribution is 7.98. The summed E-state index contributed by atoms with van der Waals surface area (Å²) in [6.45, 7) is 0. The molecule has 0 atom stereocenters. The van der Waals surface area contributed by atoms with E-state index in [9.17, 15) is 4.39 Å². The molecule has 0 spiro atoms. The van der Waals surface area contributed by atoms with E-state index in [0.717, 1.165) is 0 Å². The van der Waals surface area contributed by atoms with E-state index >= 15 is 0 Å². The molecule has 8 heavy (non-hydrogen) atoms. The third kappa shape index (κ3) is 0.812. The first-order valence-corrected chi connectivity index (χ1v) is 3.17. The fourth-order valence-electron chi connectivity index (χ4n) is 0.338. The van der Waals surface area contributed by atoms with Crippen molar-refractivity contribution < 1.29 is 4.39 Å². The van der Waals surface area contributed by atoms with Crippen molar-refractivity contribution in [3.05, 3.63) is 5.95 Å². The molecule has 0 fully saturated rings. The van der Waals surface area contributed by atoms with E-state index in [-0.39, 0.29) is 0 Å². The van der Waals surface area contributed by atoms with Gasteiger partial charge in [0.15, 0.2) is 5.03 Å². The Kier molecular flexibility index (Phi) is 1.48. The van der Waals surface area contributed by atoms with E-state index in [1.807, 2.05) is 0 Å².